The molecule has 0 aliphatic rings. The quantitative estimate of drug-likeness (QED) is 0.121. The van der Waals surface area contributed by atoms with Crippen LogP contribution in [0.3, 0.4) is 0 Å². The molecule has 0 aromatic heterocycles. The van der Waals surface area contributed by atoms with Crippen LogP contribution in [0, 0.1) is 0 Å². The summed E-state index contributed by atoms with van der Waals surface area (Å²) < 4.78 is 47.5. The summed E-state index contributed by atoms with van der Waals surface area (Å²) in [4.78, 5) is 0. The van der Waals surface area contributed by atoms with E-state index >= 15 is 0 Å². The average molecular weight is 485 g/mol. The molecule has 8 nitrogen and oxygen atoms in total. The third-order valence-corrected chi connectivity index (χ3v) is 10.8. The van der Waals surface area contributed by atoms with Gasteiger partial charge in [0.1, 0.15) is 12.6 Å². The van der Waals surface area contributed by atoms with E-state index in [0.29, 0.717) is 39.6 Å². The first-order chi connectivity index (χ1) is 14.9. The van der Waals surface area contributed by atoms with Crippen LogP contribution in [0.4, 0.5) is 0 Å². The van der Waals surface area contributed by atoms with Crippen molar-refractivity contribution in [2.24, 2.45) is 0 Å². The van der Waals surface area contributed by atoms with E-state index in [2.05, 4.69) is 13.8 Å². The van der Waals surface area contributed by atoms with Crippen LogP contribution in [0.1, 0.15) is 74.7 Å². The van der Waals surface area contributed by atoms with Gasteiger partial charge in [0.25, 0.3) is 0 Å². The first-order valence-corrected chi connectivity index (χ1v) is 15.9. The Labute approximate surface area is 192 Å². The van der Waals surface area contributed by atoms with E-state index in [1.807, 2.05) is 41.5 Å². The second-order valence-corrected chi connectivity index (χ2v) is 12.4. The molecule has 0 spiro atoms. The summed E-state index contributed by atoms with van der Waals surface area (Å²) in [6.45, 7) is 19.1. The van der Waals surface area contributed by atoms with Crippen LogP contribution in [0.25, 0.3) is 0 Å². The summed E-state index contributed by atoms with van der Waals surface area (Å²) >= 11 is 0. The Bertz CT molecular complexity index is 347. The first kappa shape index (κ1) is 31.1. The van der Waals surface area contributed by atoms with Crippen molar-refractivity contribution in [3.05, 3.63) is 0 Å². The SMILES string of the molecule is CCC[Si](OCC)(OCC)OC(C)OCCCOC(C)O[Si](CCC)(OCC)OCC. The van der Waals surface area contributed by atoms with Crippen LogP contribution in [0.15, 0.2) is 0 Å². The predicted molar refractivity (Wildman–Crippen MR) is 126 cm³/mol. The van der Waals surface area contributed by atoms with Gasteiger partial charge in [0, 0.05) is 38.5 Å². The lowest BCUT2D eigenvalue weighted by molar-refractivity contribution is -0.127. The van der Waals surface area contributed by atoms with Gasteiger partial charge in [0.2, 0.25) is 0 Å². The minimum Gasteiger partial charge on any atom is -0.374 e. The molecule has 10 heteroatoms. The Morgan fingerprint density at radius 3 is 1.13 bits per heavy atom. The van der Waals surface area contributed by atoms with Crippen molar-refractivity contribution in [3.63, 3.8) is 0 Å². The molecule has 0 bridgehead atoms. The van der Waals surface area contributed by atoms with Gasteiger partial charge in [-0.3, -0.25) is 0 Å². The fourth-order valence-corrected chi connectivity index (χ4v) is 8.63. The third kappa shape index (κ3) is 13.4. The molecule has 0 saturated heterocycles. The van der Waals surface area contributed by atoms with Crippen molar-refractivity contribution in [1.29, 1.82) is 0 Å². The second kappa shape index (κ2) is 18.5. The lowest BCUT2D eigenvalue weighted by Crippen LogP contribution is -2.48. The smallest absolute Gasteiger partial charge is 0.374 e. The van der Waals surface area contributed by atoms with Gasteiger partial charge in [0.05, 0.1) is 13.2 Å². The molecule has 0 fully saturated rings. The maximum Gasteiger partial charge on any atom is 0.502 e. The van der Waals surface area contributed by atoms with Crippen LogP contribution in [-0.4, -0.2) is 69.8 Å². The van der Waals surface area contributed by atoms with Crippen LogP contribution in [0.5, 0.6) is 0 Å². The van der Waals surface area contributed by atoms with Crippen LogP contribution >= 0.6 is 0 Å². The zero-order valence-corrected chi connectivity index (χ0v) is 23.2. The highest BCUT2D eigenvalue weighted by Crippen LogP contribution is 2.21. The largest absolute Gasteiger partial charge is 0.502 e. The molecule has 0 aliphatic carbocycles. The van der Waals surface area contributed by atoms with E-state index in [0.717, 1.165) is 31.4 Å². The minimum absolute atomic E-state index is 0.398. The van der Waals surface area contributed by atoms with Gasteiger partial charge in [-0.1, -0.05) is 26.7 Å². The van der Waals surface area contributed by atoms with E-state index in [1.54, 1.807) is 0 Å². The van der Waals surface area contributed by atoms with Gasteiger partial charge in [0.15, 0.2) is 0 Å². The standard InChI is InChI=1S/C21H48O8Si2/c1-9-18-30(24-11-3,25-12-4)28-20(7)22-16-15-17-23-21(8)29-31(19-10-2,26-13-5)27-14-6/h20-21H,9-19H2,1-8H3. The maximum absolute atomic E-state index is 6.11. The number of ether oxygens (including phenoxy) is 2. The van der Waals surface area contributed by atoms with E-state index < -0.39 is 30.2 Å². The van der Waals surface area contributed by atoms with Crippen molar-refractivity contribution in [3.8, 4) is 0 Å². The molecular formula is C21H48O8Si2. The lowest BCUT2D eigenvalue weighted by atomic mass is 10.5. The van der Waals surface area contributed by atoms with E-state index in [-0.39, 0.29) is 0 Å². The molecular weight excluding hydrogens is 436 g/mol. The van der Waals surface area contributed by atoms with Crippen molar-refractivity contribution in [1.82, 2.24) is 0 Å². The Balaban J connectivity index is 4.41. The van der Waals surface area contributed by atoms with E-state index in [9.17, 15) is 0 Å². The Hall–Kier alpha value is 0.114. The molecule has 188 valence electrons. The topological polar surface area (TPSA) is 73.8 Å². The molecule has 0 aliphatic heterocycles. The zero-order chi connectivity index (χ0) is 23.6. The fourth-order valence-electron chi connectivity index (χ4n) is 3.25. The Morgan fingerprint density at radius 2 is 0.871 bits per heavy atom. The van der Waals surface area contributed by atoms with Crippen LogP contribution in [0.2, 0.25) is 12.1 Å². The van der Waals surface area contributed by atoms with Crippen molar-refractivity contribution >= 4 is 17.6 Å². The number of hydrogen-bond acceptors (Lipinski definition) is 8. The predicted octanol–water partition coefficient (Wildman–Crippen LogP) is 4.98. The molecule has 0 heterocycles. The molecule has 0 rings (SSSR count). The average Bonchev–Trinajstić information content (AvgIpc) is 2.69. The van der Waals surface area contributed by atoms with Crippen LogP contribution in [-0.2, 0) is 36.0 Å². The lowest BCUT2D eigenvalue weighted by Gasteiger charge is -2.31. The van der Waals surface area contributed by atoms with E-state index in [1.165, 1.54) is 0 Å². The van der Waals surface area contributed by atoms with Gasteiger partial charge in [-0.15, -0.1) is 0 Å². The molecule has 0 N–H and O–H groups in total. The van der Waals surface area contributed by atoms with Gasteiger partial charge in [-0.05, 0) is 48.0 Å². The fraction of sp³-hybridized carbons (Fsp3) is 1.00. The van der Waals surface area contributed by atoms with Gasteiger partial charge >= 0.3 is 17.6 Å². The highest BCUT2D eigenvalue weighted by atomic mass is 28.4. The summed E-state index contributed by atoms with van der Waals surface area (Å²) in [6, 6.07) is 1.56. The Morgan fingerprint density at radius 1 is 0.548 bits per heavy atom. The number of hydrogen-bond donors (Lipinski definition) is 0. The van der Waals surface area contributed by atoms with Crippen molar-refractivity contribution in [2.45, 2.75) is 99.3 Å². The highest BCUT2D eigenvalue weighted by molar-refractivity contribution is 6.61. The van der Waals surface area contributed by atoms with Crippen LogP contribution < -0.4 is 0 Å². The maximum atomic E-state index is 6.11. The molecule has 0 saturated carbocycles. The van der Waals surface area contributed by atoms with Gasteiger partial charge < -0.3 is 36.0 Å². The summed E-state index contributed by atoms with van der Waals surface area (Å²) in [5.41, 5.74) is 0. The van der Waals surface area contributed by atoms with E-state index in [4.69, 9.17) is 36.0 Å². The summed E-state index contributed by atoms with van der Waals surface area (Å²) in [5, 5.41) is 0. The summed E-state index contributed by atoms with van der Waals surface area (Å²) in [7, 11) is -5.39. The second-order valence-electron chi connectivity index (χ2n) is 7.06. The number of rotatable bonds is 22. The first-order valence-electron chi connectivity index (χ1n) is 12.0. The van der Waals surface area contributed by atoms with Crippen molar-refractivity contribution < 1.29 is 36.0 Å². The monoisotopic (exact) mass is 484 g/mol. The third-order valence-electron chi connectivity index (χ3n) is 4.25. The molecule has 0 amide bonds. The minimum atomic E-state index is -2.70. The summed E-state index contributed by atoms with van der Waals surface area (Å²) in [5.74, 6) is 0. The molecule has 2 unspecified atom stereocenters. The normalized spacial score (nSPS) is 14.7. The Kier molecular flexibility index (Phi) is 18.6. The molecule has 0 aromatic carbocycles. The zero-order valence-electron chi connectivity index (χ0n) is 21.2. The summed E-state index contributed by atoms with van der Waals surface area (Å²) in [6.07, 6.45) is 1.81. The highest BCUT2D eigenvalue weighted by Gasteiger charge is 2.42. The van der Waals surface area contributed by atoms with Gasteiger partial charge in [-0.2, -0.15) is 0 Å². The molecule has 0 radical (unpaired) electrons. The van der Waals surface area contributed by atoms with Crippen molar-refractivity contribution in [2.75, 3.05) is 39.6 Å². The van der Waals surface area contributed by atoms with Gasteiger partial charge in [-0.25, -0.2) is 0 Å². The molecule has 31 heavy (non-hydrogen) atoms. The molecule has 2 atom stereocenters. The molecule has 0 aromatic rings.